The number of hydrogen-bond donors (Lipinski definition) is 0. The summed E-state index contributed by atoms with van der Waals surface area (Å²) in [5, 5.41) is 0. The number of carbonyl (C=O) groups is 1. The molecule has 0 radical (unpaired) electrons. The molecule has 1 rings (SSSR count). The Kier molecular flexibility index (Phi) is 3.74. The van der Waals surface area contributed by atoms with Gasteiger partial charge in [-0.15, -0.1) is 0 Å². The van der Waals surface area contributed by atoms with Crippen LogP contribution in [0.1, 0.15) is 33.1 Å². The van der Waals surface area contributed by atoms with E-state index < -0.39 is 0 Å². The summed E-state index contributed by atoms with van der Waals surface area (Å²) in [7, 11) is 0. The van der Waals surface area contributed by atoms with E-state index in [9.17, 15) is 4.79 Å². The monoisotopic (exact) mass is 180 g/mol. The lowest BCUT2D eigenvalue weighted by Gasteiger charge is -2.13. The standard InChI is InChI=1S/C11H16O2/c1-3-6-9(2)11(12)10-7-4-5-8-13-10/h6-7H,3-5,8H2,1-2H3/b9-6+. The van der Waals surface area contributed by atoms with Gasteiger partial charge in [0.05, 0.1) is 6.61 Å². The van der Waals surface area contributed by atoms with E-state index in [1.165, 1.54) is 0 Å². The molecule has 0 saturated heterocycles. The zero-order chi connectivity index (χ0) is 9.68. The molecule has 0 fully saturated rings. The van der Waals surface area contributed by atoms with Crippen molar-refractivity contribution in [1.82, 2.24) is 0 Å². The van der Waals surface area contributed by atoms with Crippen LogP contribution in [0.2, 0.25) is 0 Å². The van der Waals surface area contributed by atoms with Crippen molar-refractivity contribution in [1.29, 1.82) is 0 Å². The van der Waals surface area contributed by atoms with Gasteiger partial charge in [-0.25, -0.2) is 0 Å². The smallest absolute Gasteiger partial charge is 0.222 e. The van der Waals surface area contributed by atoms with Gasteiger partial charge in [0.2, 0.25) is 5.78 Å². The van der Waals surface area contributed by atoms with E-state index in [4.69, 9.17) is 4.74 Å². The molecular weight excluding hydrogens is 164 g/mol. The van der Waals surface area contributed by atoms with Crippen LogP contribution in [-0.2, 0) is 9.53 Å². The van der Waals surface area contributed by atoms with Crippen molar-refractivity contribution in [2.75, 3.05) is 6.61 Å². The summed E-state index contributed by atoms with van der Waals surface area (Å²) in [6.45, 7) is 4.54. The van der Waals surface area contributed by atoms with Crippen LogP contribution >= 0.6 is 0 Å². The first kappa shape index (κ1) is 10.0. The van der Waals surface area contributed by atoms with Crippen LogP contribution in [0, 0.1) is 0 Å². The summed E-state index contributed by atoms with van der Waals surface area (Å²) >= 11 is 0. The lowest BCUT2D eigenvalue weighted by Crippen LogP contribution is -2.11. The molecule has 13 heavy (non-hydrogen) atoms. The Morgan fingerprint density at radius 3 is 3.00 bits per heavy atom. The predicted molar refractivity (Wildman–Crippen MR) is 52.3 cm³/mol. The molecule has 1 aliphatic rings. The van der Waals surface area contributed by atoms with E-state index in [0.717, 1.165) is 24.8 Å². The molecule has 0 spiro atoms. The SMILES string of the molecule is CC/C=C(\C)C(=O)C1=CCCCO1. The Balaban J connectivity index is 2.66. The molecule has 2 nitrogen and oxygen atoms in total. The molecule has 0 bridgehead atoms. The summed E-state index contributed by atoms with van der Waals surface area (Å²) in [5.41, 5.74) is 0.788. The molecule has 0 aliphatic carbocycles. The first-order valence-electron chi connectivity index (χ1n) is 4.80. The van der Waals surface area contributed by atoms with Crippen LogP contribution < -0.4 is 0 Å². The van der Waals surface area contributed by atoms with Crippen molar-refractivity contribution < 1.29 is 9.53 Å². The average Bonchev–Trinajstić information content (AvgIpc) is 2.18. The number of hydrogen-bond acceptors (Lipinski definition) is 2. The molecule has 72 valence electrons. The molecule has 0 aromatic rings. The highest BCUT2D eigenvalue weighted by molar-refractivity contribution is 6.06. The van der Waals surface area contributed by atoms with E-state index >= 15 is 0 Å². The number of ether oxygens (including phenoxy) is 1. The fourth-order valence-corrected chi connectivity index (χ4v) is 1.31. The molecule has 2 heteroatoms. The van der Waals surface area contributed by atoms with Crippen molar-refractivity contribution in [2.24, 2.45) is 0 Å². The minimum Gasteiger partial charge on any atom is -0.490 e. The second kappa shape index (κ2) is 4.85. The fourth-order valence-electron chi connectivity index (χ4n) is 1.31. The molecular formula is C11H16O2. The second-order valence-electron chi connectivity index (χ2n) is 3.18. The van der Waals surface area contributed by atoms with Crippen molar-refractivity contribution in [3.8, 4) is 0 Å². The summed E-state index contributed by atoms with van der Waals surface area (Å²) in [6, 6.07) is 0. The van der Waals surface area contributed by atoms with Gasteiger partial charge < -0.3 is 4.74 Å². The number of rotatable bonds is 3. The molecule has 0 aromatic carbocycles. The van der Waals surface area contributed by atoms with Crippen LogP contribution in [-0.4, -0.2) is 12.4 Å². The molecule has 0 unspecified atom stereocenters. The van der Waals surface area contributed by atoms with Crippen LogP contribution in [0.15, 0.2) is 23.5 Å². The maximum absolute atomic E-state index is 11.6. The van der Waals surface area contributed by atoms with Crippen LogP contribution in [0.3, 0.4) is 0 Å². The molecule has 1 heterocycles. The summed E-state index contributed by atoms with van der Waals surface area (Å²) in [5.74, 6) is 0.579. The normalized spacial score (nSPS) is 17.7. The Morgan fingerprint density at radius 2 is 2.46 bits per heavy atom. The molecule has 0 atom stereocenters. The van der Waals surface area contributed by atoms with Gasteiger partial charge in [-0.05, 0) is 37.8 Å². The highest BCUT2D eigenvalue weighted by atomic mass is 16.5. The Morgan fingerprint density at radius 1 is 1.69 bits per heavy atom. The van der Waals surface area contributed by atoms with E-state index in [0.29, 0.717) is 12.4 Å². The van der Waals surface area contributed by atoms with E-state index in [2.05, 4.69) is 0 Å². The second-order valence-corrected chi connectivity index (χ2v) is 3.18. The van der Waals surface area contributed by atoms with Gasteiger partial charge in [0.15, 0.2) is 5.76 Å². The molecule has 0 amide bonds. The third kappa shape index (κ3) is 2.72. The van der Waals surface area contributed by atoms with E-state index in [-0.39, 0.29) is 5.78 Å². The number of allylic oxidation sites excluding steroid dienone is 3. The van der Waals surface area contributed by atoms with Gasteiger partial charge in [0.25, 0.3) is 0 Å². The lowest BCUT2D eigenvalue weighted by atomic mass is 10.1. The Hall–Kier alpha value is -1.05. The summed E-state index contributed by atoms with van der Waals surface area (Å²) in [4.78, 5) is 11.6. The van der Waals surface area contributed by atoms with Gasteiger partial charge >= 0.3 is 0 Å². The van der Waals surface area contributed by atoms with Gasteiger partial charge in [-0.2, -0.15) is 0 Å². The van der Waals surface area contributed by atoms with Gasteiger partial charge in [-0.3, -0.25) is 4.79 Å². The first-order chi connectivity index (χ1) is 6.25. The van der Waals surface area contributed by atoms with E-state index in [1.807, 2.05) is 26.0 Å². The van der Waals surface area contributed by atoms with E-state index in [1.54, 1.807) is 0 Å². The van der Waals surface area contributed by atoms with Crippen LogP contribution in [0.4, 0.5) is 0 Å². The van der Waals surface area contributed by atoms with Crippen LogP contribution in [0.25, 0.3) is 0 Å². The first-order valence-corrected chi connectivity index (χ1v) is 4.80. The van der Waals surface area contributed by atoms with Crippen molar-refractivity contribution >= 4 is 5.78 Å². The zero-order valence-electron chi connectivity index (χ0n) is 8.30. The zero-order valence-corrected chi connectivity index (χ0v) is 8.30. The number of ketones is 1. The maximum atomic E-state index is 11.6. The summed E-state index contributed by atoms with van der Waals surface area (Å²) in [6.07, 6.45) is 6.69. The van der Waals surface area contributed by atoms with Crippen molar-refractivity contribution in [2.45, 2.75) is 33.1 Å². The minimum absolute atomic E-state index is 0.0431. The highest BCUT2D eigenvalue weighted by Gasteiger charge is 2.14. The van der Waals surface area contributed by atoms with Gasteiger partial charge in [0.1, 0.15) is 0 Å². The number of Topliss-reactive ketones (excluding diaryl/α,β-unsaturated/α-hetero) is 1. The average molecular weight is 180 g/mol. The molecule has 1 aliphatic heterocycles. The minimum atomic E-state index is 0.0431. The topological polar surface area (TPSA) is 26.3 Å². The predicted octanol–water partition coefficient (Wildman–Crippen LogP) is 2.61. The third-order valence-electron chi connectivity index (χ3n) is 2.03. The number of carbonyl (C=O) groups excluding carboxylic acids is 1. The molecule has 0 N–H and O–H groups in total. The highest BCUT2D eigenvalue weighted by Crippen LogP contribution is 2.14. The fraction of sp³-hybridized carbons (Fsp3) is 0.545. The van der Waals surface area contributed by atoms with Crippen molar-refractivity contribution in [3.63, 3.8) is 0 Å². The van der Waals surface area contributed by atoms with Crippen molar-refractivity contribution in [3.05, 3.63) is 23.5 Å². The maximum Gasteiger partial charge on any atom is 0.222 e. The summed E-state index contributed by atoms with van der Waals surface area (Å²) < 4.78 is 5.28. The lowest BCUT2D eigenvalue weighted by molar-refractivity contribution is -0.115. The molecule has 0 saturated carbocycles. The van der Waals surface area contributed by atoms with Crippen LogP contribution in [0.5, 0.6) is 0 Å². The largest absolute Gasteiger partial charge is 0.490 e. The molecule has 0 aromatic heterocycles. The van der Waals surface area contributed by atoms with Gasteiger partial charge in [0, 0.05) is 0 Å². The quantitative estimate of drug-likeness (QED) is 0.624. The Labute approximate surface area is 79.3 Å². The Bertz CT molecular complexity index is 249. The van der Waals surface area contributed by atoms with Gasteiger partial charge in [-0.1, -0.05) is 13.0 Å². The third-order valence-corrected chi connectivity index (χ3v) is 2.03.